The van der Waals surface area contributed by atoms with Gasteiger partial charge in [0.25, 0.3) is 5.91 Å². The topological polar surface area (TPSA) is 105 Å². The van der Waals surface area contributed by atoms with Gasteiger partial charge in [-0.05, 0) is 17.7 Å². The van der Waals surface area contributed by atoms with Gasteiger partial charge in [0, 0.05) is 18.5 Å². The Morgan fingerprint density at radius 3 is 2.84 bits per heavy atom. The minimum Gasteiger partial charge on any atom is -0.478 e. The molecule has 0 aromatic carbocycles. The lowest BCUT2D eigenvalue weighted by Crippen LogP contribution is -2.11. The highest BCUT2D eigenvalue weighted by Gasteiger charge is 2.08. The maximum atomic E-state index is 11.8. The van der Waals surface area contributed by atoms with Gasteiger partial charge in [0.05, 0.1) is 11.8 Å². The van der Waals surface area contributed by atoms with Crippen LogP contribution in [-0.2, 0) is 4.79 Å². The number of carbonyl (C=O) groups is 2. The third-order valence-electron chi connectivity index (χ3n) is 2.13. The van der Waals surface area contributed by atoms with E-state index in [2.05, 4.69) is 20.0 Å². The lowest BCUT2D eigenvalue weighted by atomic mass is 10.2. The molecule has 0 saturated heterocycles. The van der Waals surface area contributed by atoms with E-state index >= 15 is 0 Å². The third kappa shape index (κ3) is 3.50. The highest BCUT2D eigenvalue weighted by molar-refractivity contribution is 6.04. The largest absolute Gasteiger partial charge is 0.478 e. The van der Waals surface area contributed by atoms with Crippen LogP contribution in [0.25, 0.3) is 6.08 Å². The Bertz CT molecular complexity index is 620. The van der Waals surface area contributed by atoms with E-state index in [1.807, 2.05) is 0 Å². The molecule has 0 fully saturated rings. The number of aromatic nitrogens is 2. The molecule has 0 spiro atoms. The molecule has 0 unspecified atom stereocenters. The van der Waals surface area contributed by atoms with E-state index in [-0.39, 0.29) is 5.91 Å². The number of carboxylic acid groups (broad SMARTS) is 1. The number of carbonyl (C=O) groups excluding carboxylic acids is 1. The lowest BCUT2D eigenvalue weighted by Gasteiger charge is -2.02. The monoisotopic (exact) mass is 259 g/mol. The van der Waals surface area contributed by atoms with Crippen molar-refractivity contribution < 1.29 is 19.2 Å². The second-order valence-corrected chi connectivity index (χ2v) is 3.55. The quantitative estimate of drug-likeness (QED) is 0.804. The van der Waals surface area contributed by atoms with Gasteiger partial charge >= 0.3 is 5.97 Å². The Morgan fingerprint density at radius 2 is 2.16 bits per heavy atom. The molecular formula is C12H9N3O4. The Morgan fingerprint density at radius 1 is 1.32 bits per heavy atom. The molecule has 19 heavy (non-hydrogen) atoms. The van der Waals surface area contributed by atoms with E-state index in [0.717, 1.165) is 6.08 Å². The molecule has 2 heterocycles. The van der Waals surface area contributed by atoms with Crippen LogP contribution in [0, 0.1) is 0 Å². The van der Waals surface area contributed by atoms with Crippen molar-refractivity contribution >= 4 is 23.6 Å². The van der Waals surface area contributed by atoms with Crippen LogP contribution in [0.2, 0.25) is 0 Å². The van der Waals surface area contributed by atoms with Gasteiger partial charge in [-0.2, -0.15) is 0 Å². The zero-order valence-electron chi connectivity index (χ0n) is 9.61. The standard InChI is InChI=1S/C12H9N3O4/c16-11(17)2-1-8-3-9(5-13-4-8)12(18)15-10-6-14-19-7-10/h1-7H,(H,15,18)(H,16,17). The Labute approximate surface area is 107 Å². The number of hydrogen-bond donors (Lipinski definition) is 2. The summed E-state index contributed by atoms with van der Waals surface area (Å²) in [5.74, 6) is -1.46. The number of aliphatic carboxylic acids is 1. The zero-order chi connectivity index (χ0) is 13.7. The van der Waals surface area contributed by atoms with Gasteiger partial charge in [-0.15, -0.1) is 0 Å². The van der Waals surface area contributed by atoms with Gasteiger partial charge in [0.1, 0.15) is 12.0 Å². The first-order valence-corrected chi connectivity index (χ1v) is 5.22. The zero-order valence-corrected chi connectivity index (χ0v) is 9.61. The predicted octanol–water partition coefficient (Wildman–Crippen LogP) is 1.42. The number of amides is 1. The van der Waals surface area contributed by atoms with Gasteiger partial charge in [-0.25, -0.2) is 4.79 Å². The molecule has 7 heteroatoms. The lowest BCUT2D eigenvalue weighted by molar-refractivity contribution is -0.131. The molecule has 2 aromatic heterocycles. The van der Waals surface area contributed by atoms with Gasteiger partial charge < -0.3 is 14.9 Å². The fraction of sp³-hybridized carbons (Fsp3) is 0. The summed E-state index contributed by atoms with van der Waals surface area (Å²) in [6.07, 6.45) is 7.81. The molecule has 0 radical (unpaired) electrons. The summed E-state index contributed by atoms with van der Waals surface area (Å²) in [5, 5.41) is 14.5. The second-order valence-electron chi connectivity index (χ2n) is 3.55. The first-order valence-electron chi connectivity index (χ1n) is 5.22. The van der Waals surface area contributed by atoms with E-state index in [9.17, 15) is 9.59 Å². The maximum absolute atomic E-state index is 11.8. The number of rotatable bonds is 4. The van der Waals surface area contributed by atoms with Crippen molar-refractivity contribution in [3.05, 3.63) is 48.1 Å². The van der Waals surface area contributed by atoms with Crippen LogP contribution in [0.3, 0.4) is 0 Å². The van der Waals surface area contributed by atoms with Crippen LogP contribution in [0.1, 0.15) is 15.9 Å². The number of carboxylic acids is 1. The molecule has 2 aromatic rings. The molecular weight excluding hydrogens is 250 g/mol. The molecule has 96 valence electrons. The van der Waals surface area contributed by atoms with Crippen molar-refractivity contribution in [3.8, 4) is 0 Å². The highest BCUT2D eigenvalue weighted by atomic mass is 16.5. The highest BCUT2D eigenvalue weighted by Crippen LogP contribution is 2.09. The summed E-state index contributed by atoms with van der Waals surface area (Å²) in [4.78, 5) is 26.1. The first-order chi connectivity index (χ1) is 9.15. The Kier molecular flexibility index (Phi) is 3.67. The van der Waals surface area contributed by atoms with Crippen LogP contribution in [0.4, 0.5) is 5.69 Å². The van der Waals surface area contributed by atoms with Gasteiger partial charge in [-0.3, -0.25) is 9.78 Å². The van der Waals surface area contributed by atoms with Crippen LogP contribution in [0.15, 0.2) is 41.5 Å². The van der Waals surface area contributed by atoms with Crippen molar-refractivity contribution in [1.29, 1.82) is 0 Å². The number of pyridine rings is 1. The predicted molar refractivity (Wildman–Crippen MR) is 65.4 cm³/mol. The first kappa shape index (κ1) is 12.5. The van der Waals surface area contributed by atoms with E-state index in [0.29, 0.717) is 16.8 Å². The SMILES string of the molecule is O=C(O)C=Cc1cncc(C(=O)Nc2cnoc2)c1. The molecule has 2 rings (SSSR count). The summed E-state index contributed by atoms with van der Waals surface area (Å²) in [6, 6.07) is 1.52. The normalized spacial score (nSPS) is 10.5. The van der Waals surface area contributed by atoms with E-state index in [4.69, 9.17) is 5.11 Å². The number of nitrogens with zero attached hydrogens (tertiary/aromatic N) is 2. The number of nitrogens with one attached hydrogen (secondary N) is 1. The Hall–Kier alpha value is -2.96. The average Bonchev–Trinajstić information content (AvgIpc) is 2.89. The Balaban J connectivity index is 2.14. The van der Waals surface area contributed by atoms with Gasteiger partial charge in [0.15, 0.2) is 0 Å². The molecule has 0 bridgehead atoms. The van der Waals surface area contributed by atoms with E-state index < -0.39 is 5.97 Å². The molecule has 0 aliphatic carbocycles. The van der Waals surface area contributed by atoms with Gasteiger partial charge in [0.2, 0.25) is 0 Å². The molecule has 0 aliphatic rings. The fourth-order valence-electron chi connectivity index (χ4n) is 1.31. The molecule has 0 saturated carbocycles. The number of hydrogen-bond acceptors (Lipinski definition) is 5. The van der Waals surface area contributed by atoms with Crippen LogP contribution >= 0.6 is 0 Å². The van der Waals surface area contributed by atoms with E-state index in [1.165, 1.54) is 37.0 Å². The third-order valence-corrected chi connectivity index (χ3v) is 2.13. The van der Waals surface area contributed by atoms with E-state index in [1.54, 1.807) is 0 Å². The van der Waals surface area contributed by atoms with Crippen LogP contribution in [-0.4, -0.2) is 27.1 Å². The fourth-order valence-corrected chi connectivity index (χ4v) is 1.31. The van der Waals surface area contributed by atoms with Crippen molar-refractivity contribution in [2.45, 2.75) is 0 Å². The molecule has 2 N–H and O–H groups in total. The molecule has 7 nitrogen and oxygen atoms in total. The molecule has 1 amide bonds. The summed E-state index contributed by atoms with van der Waals surface area (Å²) >= 11 is 0. The van der Waals surface area contributed by atoms with Gasteiger partial charge in [-0.1, -0.05) is 5.16 Å². The van der Waals surface area contributed by atoms with Crippen LogP contribution < -0.4 is 5.32 Å². The minimum atomic E-state index is -1.07. The summed E-state index contributed by atoms with van der Waals surface area (Å²) in [6.45, 7) is 0. The maximum Gasteiger partial charge on any atom is 0.328 e. The molecule has 0 atom stereocenters. The van der Waals surface area contributed by atoms with Crippen molar-refractivity contribution in [1.82, 2.24) is 10.1 Å². The van der Waals surface area contributed by atoms with Crippen molar-refractivity contribution in [3.63, 3.8) is 0 Å². The minimum absolute atomic E-state index is 0.300. The molecule has 0 aliphatic heterocycles. The van der Waals surface area contributed by atoms with Crippen molar-refractivity contribution in [2.24, 2.45) is 0 Å². The van der Waals surface area contributed by atoms with Crippen molar-refractivity contribution in [2.75, 3.05) is 5.32 Å². The summed E-state index contributed by atoms with van der Waals surface area (Å²) < 4.78 is 4.58. The number of anilines is 1. The average molecular weight is 259 g/mol. The summed E-state index contributed by atoms with van der Waals surface area (Å²) in [5.41, 5.74) is 1.24. The summed E-state index contributed by atoms with van der Waals surface area (Å²) in [7, 11) is 0. The second kappa shape index (κ2) is 5.58. The van der Waals surface area contributed by atoms with Crippen LogP contribution in [0.5, 0.6) is 0 Å². The smallest absolute Gasteiger partial charge is 0.328 e.